The highest BCUT2D eigenvalue weighted by atomic mass is 32.2. The van der Waals surface area contributed by atoms with E-state index in [1.165, 1.54) is 6.07 Å². The molecule has 0 radical (unpaired) electrons. The summed E-state index contributed by atoms with van der Waals surface area (Å²) in [5.74, 6) is 0.285. The highest BCUT2D eigenvalue weighted by Crippen LogP contribution is 2.24. The molecule has 0 saturated heterocycles. The van der Waals surface area contributed by atoms with Gasteiger partial charge in [-0.25, -0.2) is 8.42 Å². The van der Waals surface area contributed by atoms with Crippen LogP contribution in [0.5, 0.6) is 5.75 Å². The summed E-state index contributed by atoms with van der Waals surface area (Å²) in [6, 6.07) is 22.6. The Morgan fingerprint density at radius 3 is 2.40 bits per heavy atom. The van der Waals surface area contributed by atoms with E-state index in [9.17, 15) is 13.2 Å². The summed E-state index contributed by atoms with van der Waals surface area (Å²) in [6.07, 6.45) is 0. The molecule has 0 atom stereocenters. The van der Waals surface area contributed by atoms with Gasteiger partial charge in [0.2, 0.25) is 5.91 Å². The topological polar surface area (TPSA) is 75.7 Å². The number of nitrogens with one attached hydrogen (secondary N) is 1. The van der Waals surface area contributed by atoms with Crippen LogP contribution in [-0.2, 0) is 21.4 Å². The molecule has 6 nitrogen and oxygen atoms in total. The quantitative estimate of drug-likeness (QED) is 0.600. The van der Waals surface area contributed by atoms with Crippen molar-refractivity contribution in [3.8, 4) is 5.75 Å². The molecular formula is C23H24N2O4S. The van der Waals surface area contributed by atoms with Crippen LogP contribution in [0, 0.1) is 6.92 Å². The fourth-order valence-corrected chi connectivity index (χ4v) is 4.51. The van der Waals surface area contributed by atoms with E-state index in [4.69, 9.17) is 4.74 Å². The molecule has 3 rings (SSSR count). The maximum absolute atomic E-state index is 13.3. The highest BCUT2D eigenvalue weighted by Gasteiger charge is 2.27. The molecule has 0 unspecified atom stereocenters. The minimum Gasteiger partial charge on any atom is -0.497 e. The molecule has 30 heavy (non-hydrogen) atoms. The van der Waals surface area contributed by atoms with Crippen LogP contribution in [0.3, 0.4) is 0 Å². The van der Waals surface area contributed by atoms with Gasteiger partial charge in [0, 0.05) is 6.54 Å². The Bertz CT molecular complexity index is 1110. The number of rotatable bonds is 8. The number of carbonyl (C=O) groups is 1. The number of amides is 1. The van der Waals surface area contributed by atoms with Gasteiger partial charge in [0.1, 0.15) is 12.3 Å². The van der Waals surface area contributed by atoms with Gasteiger partial charge in [-0.2, -0.15) is 0 Å². The summed E-state index contributed by atoms with van der Waals surface area (Å²) in [6.45, 7) is 1.76. The van der Waals surface area contributed by atoms with Crippen molar-refractivity contribution in [2.45, 2.75) is 18.4 Å². The van der Waals surface area contributed by atoms with E-state index in [2.05, 4.69) is 5.32 Å². The first-order valence-electron chi connectivity index (χ1n) is 9.44. The first-order valence-corrected chi connectivity index (χ1v) is 10.9. The second-order valence-electron chi connectivity index (χ2n) is 6.79. The molecule has 0 bridgehead atoms. The minimum absolute atomic E-state index is 0.145. The molecule has 0 spiro atoms. The van der Waals surface area contributed by atoms with E-state index in [1.807, 2.05) is 37.3 Å². The van der Waals surface area contributed by atoms with Crippen LogP contribution in [0.25, 0.3) is 0 Å². The lowest BCUT2D eigenvalue weighted by molar-refractivity contribution is -0.119. The summed E-state index contributed by atoms with van der Waals surface area (Å²) in [5, 5.41) is 2.78. The number of hydrogen-bond donors (Lipinski definition) is 1. The van der Waals surface area contributed by atoms with Crippen LogP contribution in [0.4, 0.5) is 5.69 Å². The Morgan fingerprint density at radius 2 is 1.70 bits per heavy atom. The molecule has 0 heterocycles. The molecule has 0 aliphatic carbocycles. The van der Waals surface area contributed by atoms with Crippen molar-refractivity contribution >= 4 is 21.6 Å². The van der Waals surface area contributed by atoms with Gasteiger partial charge in [0.15, 0.2) is 0 Å². The monoisotopic (exact) mass is 424 g/mol. The van der Waals surface area contributed by atoms with Crippen LogP contribution in [0.15, 0.2) is 83.8 Å². The number of hydrogen-bond acceptors (Lipinski definition) is 4. The molecule has 7 heteroatoms. The smallest absolute Gasteiger partial charge is 0.264 e. The molecule has 0 aliphatic heterocycles. The molecule has 0 fully saturated rings. The zero-order chi connectivity index (χ0) is 21.6. The van der Waals surface area contributed by atoms with Gasteiger partial charge in [-0.05, 0) is 54.4 Å². The number of anilines is 1. The zero-order valence-corrected chi connectivity index (χ0v) is 17.7. The van der Waals surface area contributed by atoms with Crippen molar-refractivity contribution in [1.29, 1.82) is 0 Å². The second-order valence-corrected chi connectivity index (χ2v) is 8.65. The lowest BCUT2D eigenvalue weighted by atomic mass is 10.2. The van der Waals surface area contributed by atoms with Gasteiger partial charge >= 0.3 is 0 Å². The molecule has 3 aromatic carbocycles. The van der Waals surface area contributed by atoms with E-state index >= 15 is 0 Å². The summed E-state index contributed by atoms with van der Waals surface area (Å²) >= 11 is 0. The van der Waals surface area contributed by atoms with Crippen LogP contribution in [0.1, 0.15) is 11.1 Å². The fourth-order valence-electron chi connectivity index (χ4n) is 2.98. The number of nitrogens with zero attached hydrogens (tertiary/aromatic N) is 1. The molecule has 0 aliphatic rings. The predicted octanol–water partition coefficient (Wildman–Crippen LogP) is 3.52. The van der Waals surface area contributed by atoms with Crippen molar-refractivity contribution in [1.82, 2.24) is 5.32 Å². The molecule has 0 saturated carbocycles. The first kappa shape index (κ1) is 21.4. The average molecular weight is 425 g/mol. The molecular weight excluding hydrogens is 400 g/mol. The Balaban J connectivity index is 1.82. The molecule has 3 aromatic rings. The fraction of sp³-hybridized carbons (Fsp3) is 0.174. The third kappa shape index (κ3) is 5.18. The zero-order valence-electron chi connectivity index (χ0n) is 16.9. The van der Waals surface area contributed by atoms with Crippen molar-refractivity contribution < 1.29 is 17.9 Å². The second kappa shape index (κ2) is 9.45. The van der Waals surface area contributed by atoms with E-state index in [0.29, 0.717) is 11.4 Å². The van der Waals surface area contributed by atoms with Crippen LogP contribution < -0.4 is 14.4 Å². The summed E-state index contributed by atoms with van der Waals surface area (Å²) < 4.78 is 32.9. The Hall–Kier alpha value is -3.32. The van der Waals surface area contributed by atoms with Crippen molar-refractivity contribution in [2.24, 2.45) is 0 Å². The molecule has 0 aromatic heterocycles. The third-order valence-corrected chi connectivity index (χ3v) is 6.30. The van der Waals surface area contributed by atoms with Gasteiger partial charge in [-0.3, -0.25) is 9.10 Å². The van der Waals surface area contributed by atoms with Crippen molar-refractivity contribution in [3.05, 3.63) is 90.0 Å². The van der Waals surface area contributed by atoms with Crippen molar-refractivity contribution in [2.75, 3.05) is 18.0 Å². The van der Waals surface area contributed by atoms with Gasteiger partial charge < -0.3 is 10.1 Å². The van der Waals surface area contributed by atoms with E-state index in [1.54, 1.807) is 49.6 Å². The number of carbonyl (C=O) groups excluding carboxylic acids is 1. The molecule has 156 valence electrons. The molecule has 1 N–H and O–H groups in total. The number of aryl methyl sites for hydroxylation is 1. The summed E-state index contributed by atoms with van der Waals surface area (Å²) in [7, 11) is -2.34. The van der Waals surface area contributed by atoms with E-state index in [-0.39, 0.29) is 18.0 Å². The minimum atomic E-state index is -3.91. The van der Waals surface area contributed by atoms with Gasteiger partial charge in [-0.15, -0.1) is 0 Å². The van der Waals surface area contributed by atoms with Gasteiger partial charge in [-0.1, -0.05) is 42.5 Å². The lowest BCUT2D eigenvalue weighted by Crippen LogP contribution is -2.40. The van der Waals surface area contributed by atoms with E-state index in [0.717, 1.165) is 15.4 Å². The predicted molar refractivity (Wildman–Crippen MR) is 117 cm³/mol. The molecule has 1 amide bonds. The first-order chi connectivity index (χ1) is 14.4. The standard InChI is InChI=1S/C23H24N2O4S/c1-18-8-6-13-22(14-18)30(27,28)25(20-10-4-3-5-11-20)17-23(26)24-16-19-9-7-12-21(15-19)29-2/h3-15H,16-17H2,1-2H3,(H,24,26). The summed E-state index contributed by atoms with van der Waals surface area (Å²) in [4.78, 5) is 12.8. The third-order valence-electron chi connectivity index (χ3n) is 4.53. The maximum Gasteiger partial charge on any atom is 0.264 e. The number of methoxy groups -OCH3 is 1. The Labute approximate surface area is 177 Å². The highest BCUT2D eigenvalue weighted by molar-refractivity contribution is 7.92. The van der Waals surface area contributed by atoms with Crippen molar-refractivity contribution in [3.63, 3.8) is 0 Å². The lowest BCUT2D eigenvalue weighted by Gasteiger charge is -2.24. The number of benzene rings is 3. The van der Waals surface area contributed by atoms with Gasteiger partial charge in [0.05, 0.1) is 17.7 Å². The van der Waals surface area contributed by atoms with Crippen LogP contribution >= 0.6 is 0 Å². The average Bonchev–Trinajstić information content (AvgIpc) is 2.76. The number of para-hydroxylation sites is 1. The van der Waals surface area contributed by atoms with E-state index < -0.39 is 15.9 Å². The number of ether oxygens (including phenoxy) is 1. The Morgan fingerprint density at radius 1 is 0.967 bits per heavy atom. The maximum atomic E-state index is 13.3. The van der Waals surface area contributed by atoms with Crippen LogP contribution in [-0.4, -0.2) is 28.0 Å². The summed E-state index contributed by atoms with van der Waals surface area (Å²) in [5.41, 5.74) is 2.11. The largest absolute Gasteiger partial charge is 0.497 e. The van der Waals surface area contributed by atoms with Crippen LogP contribution in [0.2, 0.25) is 0 Å². The Kier molecular flexibility index (Phi) is 6.74. The SMILES string of the molecule is COc1cccc(CNC(=O)CN(c2ccccc2)S(=O)(=O)c2cccc(C)c2)c1. The normalized spacial score (nSPS) is 11.0. The van der Waals surface area contributed by atoms with Gasteiger partial charge in [0.25, 0.3) is 10.0 Å². The number of sulfonamides is 1.